The van der Waals surface area contributed by atoms with Crippen molar-refractivity contribution in [3.8, 4) is 0 Å². The number of hydrogen-bond acceptors (Lipinski definition) is 3. The van der Waals surface area contributed by atoms with E-state index in [2.05, 4.69) is 5.32 Å². The van der Waals surface area contributed by atoms with E-state index in [0.29, 0.717) is 6.54 Å². The maximum absolute atomic E-state index is 12.5. The summed E-state index contributed by atoms with van der Waals surface area (Å²) >= 11 is 0. The molecule has 1 aliphatic rings. The number of rotatable bonds is 4. The fourth-order valence-corrected chi connectivity index (χ4v) is 2.48. The largest absolute Gasteiger partial charge is 0.385 e. The number of nitrogens with one attached hydrogen (secondary N) is 1. The molecule has 3 N–H and O–H groups in total. The van der Waals surface area contributed by atoms with Gasteiger partial charge in [-0.1, -0.05) is 18.2 Å². The van der Waals surface area contributed by atoms with Crippen molar-refractivity contribution in [1.82, 2.24) is 4.90 Å². The van der Waals surface area contributed by atoms with E-state index >= 15 is 0 Å². The zero-order chi connectivity index (χ0) is 13.8. The number of carbonyl (C=O) groups is 2. The van der Waals surface area contributed by atoms with E-state index in [0.717, 1.165) is 24.2 Å². The van der Waals surface area contributed by atoms with E-state index in [4.69, 9.17) is 5.73 Å². The first kappa shape index (κ1) is 13.4. The molecule has 0 fully saturated rings. The smallest absolute Gasteiger partial charge is 0.237 e. The van der Waals surface area contributed by atoms with Gasteiger partial charge in [0.15, 0.2) is 0 Å². The molecule has 0 aromatic heterocycles. The third-order valence-corrected chi connectivity index (χ3v) is 3.42. The lowest BCUT2D eigenvalue weighted by molar-refractivity contribution is -0.136. The molecule has 0 spiro atoms. The van der Waals surface area contributed by atoms with Crippen LogP contribution in [-0.2, 0) is 9.59 Å². The molecule has 5 nitrogen and oxygen atoms in total. The van der Waals surface area contributed by atoms with Crippen LogP contribution >= 0.6 is 0 Å². The van der Waals surface area contributed by atoms with Crippen molar-refractivity contribution in [1.29, 1.82) is 0 Å². The van der Waals surface area contributed by atoms with Crippen LogP contribution in [0, 0.1) is 0 Å². The molecule has 1 aliphatic heterocycles. The van der Waals surface area contributed by atoms with Crippen molar-refractivity contribution in [2.75, 3.05) is 25.0 Å². The molecule has 1 heterocycles. The van der Waals surface area contributed by atoms with Gasteiger partial charge in [0.2, 0.25) is 11.8 Å². The Balaban J connectivity index is 2.22. The number of carbonyl (C=O) groups excluding carboxylic acids is 2. The second-order valence-corrected chi connectivity index (χ2v) is 4.67. The molecular formula is C14H19N3O2. The predicted molar refractivity (Wildman–Crippen MR) is 73.7 cm³/mol. The van der Waals surface area contributed by atoms with Crippen LogP contribution in [-0.4, -0.2) is 36.3 Å². The molecular weight excluding hydrogens is 242 g/mol. The second kappa shape index (κ2) is 5.73. The van der Waals surface area contributed by atoms with Crippen LogP contribution in [0.25, 0.3) is 0 Å². The average Bonchev–Trinajstić information content (AvgIpc) is 2.43. The third kappa shape index (κ3) is 2.86. The molecule has 0 bridgehead atoms. The Hall–Kier alpha value is -2.04. The predicted octanol–water partition coefficient (Wildman–Crippen LogP) is 0.920. The van der Waals surface area contributed by atoms with Gasteiger partial charge < -0.3 is 16.0 Å². The zero-order valence-electron chi connectivity index (χ0n) is 11.1. The van der Waals surface area contributed by atoms with Crippen molar-refractivity contribution >= 4 is 17.5 Å². The molecule has 1 unspecified atom stereocenters. The Bertz CT molecular complexity index is 487. The van der Waals surface area contributed by atoms with Crippen molar-refractivity contribution in [3.63, 3.8) is 0 Å². The van der Waals surface area contributed by atoms with Crippen molar-refractivity contribution in [3.05, 3.63) is 29.8 Å². The average molecular weight is 261 g/mol. The minimum atomic E-state index is -0.475. The van der Waals surface area contributed by atoms with E-state index in [9.17, 15) is 9.59 Å². The molecule has 0 aliphatic carbocycles. The maximum atomic E-state index is 12.5. The van der Waals surface area contributed by atoms with Crippen molar-refractivity contribution in [2.45, 2.75) is 19.3 Å². The monoisotopic (exact) mass is 261 g/mol. The summed E-state index contributed by atoms with van der Waals surface area (Å²) in [4.78, 5) is 25.1. The summed E-state index contributed by atoms with van der Waals surface area (Å²) in [5, 5.41) is 3.28. The van der Waals surface area contributed by atoms with Crippen LogP contribution < -0.4 is 11.1 Å². The number of anilines is 1. The standard InChI is InChI=1S/C14H19N3O2/c1-2-17(9-13(15)18)14(19)11-7-8-16-12-6-4-3-5-10(11)12/h3-6,11,16H,2,7-9H2,1H3,(H2,15,18). The molecule has 0 radical (unpaired) electrons. The molecule has 1 atom stereocenters. The number of primary amides is 1. The molecule has 1 aromatic rings. The molecule has 19 heavy (non-hydrogen) atoms. The van der Waals surface area contributed by atoms with E-state index < -0.39 is 5.91 Å². The number of nitrogens with zero attached hydrogens (tertiary/aromatic N) is 1. The Morgan fingerprint density at radius 3 is 2.84 bits per heavy atom. The van der Waals surface area contributed by atoms with Crippen LogP contribution in [0.1, 0.15) is 24.8 Å². The molecule has 0 saturated carbocycles. The zero-order valence-corrected chi connectivity index (χ0v) is 11.1. The SMILES string of the molecule is CCN(CC(N)=O)C(=O)C1CCNc2ccccc21. The van der Waals surface area contributed by atoms with E-state index in [1.54, 1.807) is 0 Å². The van der Waals surface area contributed by atoms with Crippen molar-refractivity contribution < 1.29 is 9.59 Å². The highest BCUT2D eigenvalue weighted by Gasteiger charge is 2.29. The summed E-state index contributed by atoms with van der Waals surface area (Å²) in [6, 6.07) is 7.80. The number of amides is 2. The van der Waals surface area contributed by atoms with Gasteiger partial charge in [0.05, 0.1) is 12.5 Å². The van der Waals surface area contributed by atoms with E-state index in [1.807, 2.05) is 31.2 Å². The Kier molecular flexibility index (Phi) is 4.04. The van der Waals surface area contributed by atoms with E-state index in [-0.39, 0.29) is 18.4 Å². The first-order valence-corrected chi connectivity index (χ1v) is 6.53. The Morgan fingerprint density at radius 1 is 1.42 bits per heavy atom. The van der Waals surface area contributed by atoms with Crippen LogP contribution in [0.4, 0.5) is 5.69 Å². The summed E-state index contributed by atoms with van der Waals surface area (Å²) in [5.41, 5.74) is 7.19. The fraction of sp³-hybridized carbons (Fsp3) is 0.429. The highest BCUT2D eigenvalue weighted by atomic mass is 16.2. The number of fused-ring (bicyclic) bond motifs is 1. The normalized spacial score (nSPS) is 17.2. The molecule has 0 saturated heterocycles. The molecule has 5 heteroatoms. The van der Waals surface area contributed by atoms with Crippen LogP contribution in [0.5, 0.6) is 0 Å². The highest BCUT2D eigenvalue weighted by Crippen LogP contribution is 2.32. The Labute approximate surface area is 112 Å². The molecule has 2 rings (SSSR count). The van der Waals surface area contributed by atoms with Crippen molar-refractivity contribution in [2.24, 2.45) is 5.73 Å². The Morgan fingerprint density at radius 2 is 2.16 bits per heavy atom. The van der Waals surface area contributed by atoms with Gasteiger partial charge in [0.25, 0.3) is 0 Å². The van der Waals surface area contributed by atoms with E-state index in [1.165, 1.54) is 4.90 Å². The third-order valence-electron chi connectivity index (χ3n) is 3.42. The first-order chi connectivity index (χ1) is 9.13. The summed E-state index contributed by atoms with van der Waals surface area (Å²) in [7, 11) is 0. The topological polar surface area (TPSA) is 75.4 Å². The van der Waals surface area contributed by atoms with Gasteiger partial charge in [0.1, 0.15) is 0 Å². The summed E-state index contributed by atoms with van der Waals surface area (Å²) in [6.45, 7) is 3.10. The van der Waals surface area contributed by atoms with Gasteiger partial charge >= 0.3 is 0 Å². The van der Waals surface area contributed by atoms with Crippen LogP contribution in [0.3, 0.4) is 0 Å². The lowest BCUT2D eigenvalue weighted by atomic mass is 9.90. The maximum Gasteiger partial charge on any atom is 0.237 e. The number of nitrogens with two attached hydrogens (primary N) is 1. The quantitative estimate of drug-likeness (QED) is 0.846. The number of benzene rings is 1. The lowest BCUT2D eigenvalue weighted by Gasteiger charge is -2.30. The van der Waals surface area contributed by atoms with Gasteiger partial charge in [0, 0.05) is 18.8 Å². The number of hydrogen-bond donors (Lipinski definition) is 2. The number of para-hydroxylation sites is 1. The van der Waals surface area contributed by atoms with Crippen LogP contribution in [0.2, 0.25) is 0 Å². The van der Waals surface area contributed by atoms with Gasteiger partial charge in [-0.05, 0) is 25.0 Å². The minimum Gasteiger partial charge on any atom is -0.385 e. The fourth-order valence-electron chi connectivity index (χ4n) is 2.48. The van der Waals surface area contributed by atoms with Gasteiger partial charge in [-0.3, -0.25) is 9.59 Å². The molecule has 102 valence electrons. The van der Waals surface area contributed by atoms with Gasteiger partial charge in [-0.25, -0.2) is 0 Å². The summed E-state index contributed by atoms with van der Waals surface area (Å²) in [5.74, 6) is -0.676. The molecule has 2 amide bonds. The number of likely N-dealkylation sites (N-methyl/N-ethyl adjacent to an activating group) is 1. The second-order valence-electron chi connectivity index (χ2n) is 4.67. The lowest BCUT2D eigenvalue weighted by Crippen LogP contribution is -2.42. The summed E-state index contributed by atoms with van der Waals surface area (Å²) in [6.07, 6.45) is 0.741. The minimum absolute atomic E-state index is 0.0125. The van der Waals surface area contributed by atoms with Crippen LogP contribution in [0.15, 0.2) is 24.3 Å². The first-order valence-electron chi connectivity index (χ1n) is 6.53. The van der Waals surface area contributed by atoms with Gasteiger partial charge in [-0.15, -0.1) is 0 Å². The van der Waals surface area contributed by atoms with Gasteiger partial charge in [-0.2, -0.15) is 0 Å². The highest BCUT2D eigenvalue weighted by molar-refractivity contribution is 5.89. The molecule has 1 aromatic carbocycles. The summed E-state index contributed by atoms with van der Waals surface area (Å²) < 4.78 is 0.